The lowest BCUT2D eigenvalue weighted by Crippen LogP contribution is -2.43. The summed E-state index contributed by atoms with van der Waals surface area (Å²) in [7, 11) is 2.13. The summed E-state index contributed by atoms with van der Waals surface area (Å²) in [5.41, 5.74) is 1.25. The molecule has 0 aliphatic carbocycles. The van der Waals surface area contributed by atoms with Gasteiger partial charge in [0.15, 0.2) is 0 Å². The molecule has 0 bridgehead atoms. The lowest BCUT2D eigenvalue weighted by atomic mass is 10.0. The first-order chi connectivity index (χ1) is 7.25. The lowest BCUT2D eigenvalue weighted by molar-refractivity contribution is 0.00624. The van der Waals surface area contributed by atoms with Gasteiger partial charge in [0.05, 0.1) is 13.2 Å². The monoisotopic (exact) mass is 207 g/mol. The van der Waals surface area contributed by atoms with Crippen molar-refractivity contribution in [3.63, 3.8) is 0 Å². The molecule has 3 heteroatoms. The van der Waals surface area contributed by atoms with E-state index in [0.717, 1.165) is 26.2 Å². The number of hydrogen-bond donors (Lipinski definition) is 1. The minimum absolute atomic E-state index is 0.326. The third-order valence-electron chi connectivity index (χ3n) is 2.93. The first-order valence-corrected chi connectivity index (χ1v) is 5.31. The second-order valence-electron chi connectivity index (χ2n) is 4.08. The number of hydrogen-bond acceptors (Lipinski definition) is 3. The average molecular weight is 207 g/mol. The molecule has 1 heterocycles. The number of morpholine rings is 1. The van der Waals surface area contributed by atoms with E-state index in [1.165, 1.54) is 5.56 Å². The second-order valence-corrected chi connectivity index (χ2v) is 4.08. The standard InChI is InChI=1S/C12H17NO2/c1-13-6-7-15-9-11(13)8-10-2-4-12(14)5-3-10/h2-5,11,14H,6-9H2,1H3. The van der Waals surface area contributed by atoms with Crippen LogP contribution >= 0.6 is 0 Å². The normalized spacial score (nSPS) is 22.9. The van der Waals surface area contributed by atoms with Crippen LogP contribution < -0.4 is 0 Å². The van der Waals surface area contributed by atoms with Crippen molar-refractivity contribution in [2.45, 2.75) is 12.5 Å². The molecule has 1 aromatic carbocycles. The first-order valence-electron chi connectivity index (χ1n) is 5.31. The van der Waals surface area contributed by atoms with Gasteiger partial charge in [0.25, 0.3) is 0 Å². The minimum atomic E-state index is 0.326. The molecule has 1 atom stereocenters. The molecule has 0 spiro atoms. The van der Waals surface area contributed by atoms with Gasteiger partial charge in [-0.15, -0.1) is 0 Å². The predicted molar refractivity (Wildman–Crippen MR) is 59.0 cm³/mol. The summed E-state index contributed by atoms with van der Waals surface area (Å²) in [5.74, 6) is 0.326. The van der Waals surface area contributed by atoms with Gasteiger partial charge < -0.3 is 9.84 Å². The highest BCUT2D eigenvalue weighted by molar-refractivity contribution is 5.26. The third kappa shape index (κ3) is 2.70. The van der Waals surface area contributed by atoms with E-state index in [1.807, 2.05) is 12.1 Å². The van der Waals surface area contributed by atoms with Crippen molar-refractivity contribution in [3.05, 3.63) is 29.8 Å². The van der Waals surface area contributed by atoms with Crippen molar-refractivity contribution in [1.29, 1.82) is 0 Å². The Balaban J connectivity index is 1.98. The summed E-state index contributed by atoms with van der Waals surface area (Å²) in [6.07, 6.45) is 0.983. The number of aromatic hydroxyl groups is 1. The zero-order chi connectivity index (χ0) is 10.7. The summed E-state index contributed by atoms with van der Waals surface area (Å²) in [4.78, 5) is 2.33. The van der Waals surface area contributed by atoms with Crippen molar-refractivity contribution in [3.8, 4) is 5.75 Å². The smallest absolute Gasteiger partial charge is 0.115 e. The van der Waals surface area contributed by atoms with Crippen LogP contribution in [0.15, 0.2) is 24.3 Å². The molecule has 1 aliphatic rings. The molecule has 1 saturated heterocycles. The molecule has 3 nitrogen and oxygen atoms in total. The van der Waals surface area contributed by atoms with Crippen LogP contribution in [0.1, 0.15) is 5.56 Å². The molecule has 15 heavy (non-hydrogen) atoms. The highest BCUT2D eigenvalue weighted by Crippen LogP contribution is 2.14. The molecule has 0 aromatic heterocycles. The maximum atomic E-state index is 9.18. The van der Waals surface area contributed by atoms with Crippen LogP contribution in [-0.2, 0) is 11.2 Å². The van der Waals surface area contributed by atoms with E-state index in [1.54, 1.807) is 12.1 Å². The molecule has 1 unspecified atom stereocenters. The highest BCUT2D eigenvalue weighted by atomic mass is 16.5. The molecular formula is C12H17NO2. The Bertz CT molecular complexity index is 310. The minimum Gasteiger partial charge on any atom is -0.508 e. The van der Waals surface area contributed by atoms with E-state index >= 15 is 0 Å². The van der Waals surface area contributed by atoms with E-state index < -0.39 is 0 Å². The van der Waals surface area contributed by atoms with Gasteiger partial charge in [-0.25, -0.2) is 0 Å². The summed E-state index contributed by atoms with van der Waals surface area (Å²) >= 11 is 0. The van der Waals surface area contributed by atoms with Gasteiger partial charge in [-0.1, -0.05) is 12.1 Å². The van der Waals surface area contributed by atoms with Crippen LogP contribution in [0.2, 0.25) is 0 Å². The van der Waals surface area contributed by atoms with E-state index in [9.17, 15) is 5.11 Å². The van der Waals surface area contributed by atoms with Crippen LogP contribution in [0.3, 0.4) is 0 Å². The summed E-state index contributed by atoms with van der Waals surface area (Å²) in [5, 5.41) is 9.18. The molecule has 0 saturated carbocycles. The number of benzene rings is 1. The van der Waals surface area contributed by atoms with Crippen molar-refractivity contribution < 1.29 is 9.84 Å². The molecule has 1 fully saturated rings. The van der Waals surface area contributed by atoms with Gasteiger partial charge in [0.1, 0.15) is 5.75 Å². The average Bonchev–Trinajstić information content (AvgIpc) is 2.25. The number of rotatable bonds is 2. The molecule has 0 radical (unpaired) electrons. The Morgan fingerprint density at radius 3 is 2.80 bits per heavy atom. The Hall–Kier alpha value is -1.06. The van der Waals surface area contributed by atoms with Crippen LogP contribution in [-0.4, -0.2) is 42.9 Å². The maximum Gasteiger partial charge on any atom is 0.115 e. The lowest BCUT2D eigenvalue weighted by Gasteiger charge is -2.32. The number of phenols is 1. The van der Waals surface area contributed by atoms with E-state index in [4.69, 9.17) is 4.74 Å². The highest BCUT2D eigenvalue weighted by Gasteiger charge is 2.19. The van der Waals surface area contributed by atoms with Crippen LogP contribution in [0, 0.1) is 0 Å². The summed E-state index contributed by atoms with van der Waals surface area (Å²) in [6.45, 7) is 2.64. The number of nitrogens with zero attached hydrogens (tertiary/aromatic N) is 1. The summed E-state index contributed by atoms with van der Waals surface area (Å²) < 4.78 is 5.46. The zero-order valence-corrected chi connectivity index (χ0v) is 9.02. The van der Waals surface area contributed by atoms with Crippen molar-refractivity contribution >= 4 is 0 Å². The predicted octanol–water partition coefficient (Wildman–Crippen LogP) is 1.27. The van der Waals surface area contributed by atoms with Gasteiger partial charge in [-0.2, -0.15) is 0 Å². The molecular weight excluding hydrogens is 190 g/mol. The maximum absolute atomic E-state index is 9.18. The molecule has 1 N–H and O–H groups in total. The Morgan fingerprint density at radius 1 is 1.40 bits per heavy atom. The first kappa shape index (κ1) is 10.5. The fourth-order valence-corrected chi connectivity index (χ4v) is 1.86. The SMILES string of the molecule is CN1CCOCC1Cc1ccc(O)cc1. The van der Waals surface area contributed by atoms with E-state index in [0.29, 0.717) is 11.8 Å². The van der Waals surface area contributed by atoms with Crippen molar-refractivity contribution in [2.24, 2.45) is 0 Å². The van der Waals surface area contributed by atoms with Crippen LogP contribution in [0.5, 0.6) is 5.75 Å². The quantitative estimate of drug-likeness (QED) is 0.792. The van der Waals surface area contributed by atoms with Crippen molar-refractivity contribution in [2.75, 3.05) is 26.8 Å². The number of phenolic OH excluding ortho intramolecular Hbond substituents is 1. The Kier molecular flexibility index (Phi) is 3.23. The van der Waals surface area contributed by atoms with Gasteiger partial charge in [-0.05, 0) is 31.2 Å². The van der Waals surface area contributed by atoms with Gasteiger partial charge >= 0.3 is 0 Å². The fraction of sp³-hybridized carbons (Fsp3) is 0.500. The molecule has 1 aliphatic heterocycles. The van der Waals surface area contributed by atoms with Gasteiger partial charge in [0, 0.05) is 12.6 Å². The van der Waals surface area contributed by atoms with E-state index in [-0.39, 0.29) is 0 Å². The molecule has 1 aromatic rings. The number of likely N-dealkylation sites (N-methyl/N-ethyl adjacent to an activating group) is 1. The van der Waals surface area contributed by atoms with E-state index in [2.05, 4.69) is 11.9 Å². The topological polar surface area (TPSA) is 32.7 Å². The Labute approximate surface area is 90.3 Å². The number of ether oxygens (including phenoxy) is 1. The van der Waals surface area contributed by atoms with Gasteiger partial charge in [-0.3, -0.25) is 4.90 Å². The molecule has 0 amide bonds. The third-order valence-corrected chi connectivity index (χ3v) is 2.93. The largest absolute Gasteiger partial charge is 0.508 e. The van der Waals surface area contributed by atoms with Gasteiger partial charge in [0.2, 0.25) is 0 Å². The molecule has 2 rings (SSSR count). The summed E-state index contributed by atoms with van der Waals surface area (Å²) in [6, 6.07) is 7.87. The van der Waals surface area contributed by atoms with Crippen LogP contribution in [0.4, 0.5) is 0 Å². The van der Waals surface area contributed by atoms with Crippen molar-refractivity contribution in [1.82, 2.24) is 4.90 Å². The zero-order valence-electron chi connectivity index (χ0n) is 9.02. The van der Waals surface area contributed by atoms with Crippen LogP contribution in [0.25, 0.3) is 0 Å². The second kappa shape index (κ2) is 4.64. The Morgan fingerprint density at radius 2 is 2.13 bits per heavy atom. The fourth-order valence-electron chi connectivity index (χ4n) is 1.86. The molecule has 82 valence electrons.